The van der Waals surface area contributed by atoms with Crippen LogP contribution in [-0.4, -0.2) is 0 Å². The molecule has 4 nitrogen and oxygen atoms in total. The molecule has 1 radical (unpaired) electrons. The molecule has 75 valence electrons. The van der Waals surface area contributed by atoms with E-state index in [9.17, 15) is 0 Å². The minimum atomic E-state index is -5.39. The van der Waals surface area contributed by atoms with Crippen molar-refractivity contribution in [1.82, 2.24) is 0 Å². The van der Waals surface area contributed by atoms with E-state index in [2.05, 4.69) is 6.92 Å². The summed E-state index contributed by atoms with van der Waals surface area (Å²) >= 11 is 0. The van der Waals surface area contributed by atoms with Gasteiger partial charge in [0.2, 0.25) is 0 Å². The topological polar surface area (TPSA) is 86.2 Å². The standard InChI is InChI=1S/C7H7.Ni.H3O4P/c1-7-5-3-2-4-6-7;;1-5(2,3)4/h2-6H,1H2;;(H3,1,2,3,4)/q-1;+3;/p-3. The summed E-state index contributed by atoms with van der Waals surface area (Å²) in [5.74, 6) is 0. The molecule has 0 atom stereocenters. The fourth-order valence-electron chi connectivity index (χ4n) is 0.478. The van der Waals surface area contributed by atoms with Crippen molar-refractivity contribution in [1.29, 1.82) is 0 Å². The molecule has 0 aliphatic carbocycles. The van der Waals surface area contributed by atoms with E-state index in [4.69, 9.17) is 19.2 Å². The second-order valence-corrected chi connectivity index (χ2v) is 2.83. The predicted octanol–water partition coefficient (Wildman–Crippen LogP) is -0.958. The average Bonchev–Trinajstić information content (AvgIpc) is 1.85. The van der Waals surface area contributed by atoms with Gasteiger partial charge in [-0.25, -0.2) is 0 Å². The van der Waals surface area contributed by atoms with Gasteiger partial charge in [0.15, 0.2) is 0 Å². The van der Waals surface area contributed by atoms with Crippen LogP contribution < -0.4 is 14.7 Å². The molecule has 0 heterocycles. The van der Waals surface area contributed by atoms with Gasteiger partial charge in [-0.1, -0.05) is 6.07 Å². The Balaban J connectivity index is 0. The molecule has 6 heteroatoms. The fraction of sp³-hybridized carbons (Fsp3) is 0. The first-order valence-corrected chi connectivity index (χ1v) is 4.46. The zero-order valence-corrected chi connectivity index (χ0v) is 8.37. The van der Waals surface area contributed by atoms with Gasteiger partial charge in [-0.15, -0.1) is 12.1 Å². The largest absolute Gasteiger partial charge is 3.00 e. The molecule has 0 amide bonds. The number of phosphoric acid groups is 1. The molecule has 0 bridgehead atoms. The predicted molar refractivity (Wildman–Crippen MR) is 38.5 cm³/mol. The van der Waals surface area contributed by atoms with Crippen LogP contribution in [0.2, 0.25) is 0 Å². The third-order valence-corrected chi connectivity index (χ3v) is 0.843. The van der Waals surface area contributed by atoms with Crippen molar-refractivity contribution in [3.05, 3.63) is 42.8 Å². The molecular weight excluding hydrogens is 238 g/mol. The maximum atomic E-state index is 8.55. The van der Waals surface area contributed by atoms with Gasteiger partial charge in [0.1, 0.15) is 0 Å². The smallest absolute Gasteiger partial charge is 0.822 e. The van der Waals surface area contributed by atoms with Crippen LogP contribution in [0, 0.1) is 6.92 Å². The number of benzene rings is 1. The summed E-state index contributed by atoms with van der Waals surface area (Å²) in [6, 6.07) is 9.87. The molecule has 0 fully saturated rings. The summed E-state index contributed by atoms with van der Waals surface area (Å²) in [5, 5.41) is 0. The second-order valence-electron chi connectivity index (χ2n) is 1.93. The van der Waals surface area contributed by atoms with Crippen LogP contribution in [0.4, 0.5) is 0 Å². The van der Waals surface area contributed by atoms with E-state index >= 15 is 0 Å². The molecule has 0 spiro atoms. The molecule has 0 saturated carbocycles. The van der Waals surface area contributed by atoms with Crippen molar-refractivity contribution < 1.29 is 35.7 Å². The van der Waals surface area contributed by atoms with Crippen LogP contribution in [0.3, 0.4) is 0 Å². The van der Waals surface area contributed by atoms with Gasteiger partial charge in [0.05, 0.1) is 0 Å². The Hall–Kier alpha value is -0.306. The first-order chi connectivity index (χ1) is 5.39. The molecule has 0 aliphatic rings. The van der Waals surface area contributed by atoms with Crippen molar-refractivity contribution >= 4 is 7.82 Å². The van der Waals surface area contributed by atoms with Crippen LogP contribution >= 0.6 is 7.82 Å². The van der Waals surface area contributed by atoms with Crippen LogP contribution in [0.1, 0.15) is 5.56 Å². The SMILES string of the molecule is O=P([O-])([O-])[O-].[CH2-]c1ccccc1.[Ni+3]. The molecule has 1 aromatic rings. The Morgan fingerprint density at radius 2 is 1.38 bits per heavy atom. The molecule has 1 rings (SSSR count). The van der Waals surface area contributed by atoms with Crippen molar-refractivity contribution in [2.24, 2.45) is 0 Å². The number of hydrogen-bond donors (Lipinski definition) is 0. The third kappa shape index (κ3) is 18.6. The summed E-state index contributed by atoms with van der Waals surface area (Å²) < 4.78 is 8.55. The summed E-state index contributed by atoms with van der Waals surface area (Å²) in [6.45, 7) is 3.72. The maximum absolute atomic E-state index is 8.55. The molecule has 0 unspecified atom stereocenters. The van der Waals surface area contributed by atoms with Crippen molar-refractivity contribution in [3.8, 4) is 0 Å². The Morgan fingerprint density at radius 3 is 1.54 bits per heavy atom. The Morgan fingerprint density at radius 1 is 1.08 bits per heavy atom. The second kappa shape index (κ2) is 7.13. The van der Waals surface area contributed by atoms with Gasteiger partial charge in [-0.05, 0) is 0 Å². The molecule has 0 aliphatic heterocycles. The molecular formula is C7H7NiO4P-. The van der Waals surface area contributed by atoms with Crippen LogP contribution in [0.5, 0.6) is 0 Å². The van der Waals surface area contributed by atoms with Gasteiger partial charge in [0, 0.05) is 0 Å². The van der Waals surface area contributed by atoms with Crippen molar-refractivity contribution in [2.45, 2.75) is 0 Å². The maximum Gasteiger partial charge on any atom is 3.00 e. The van der Waals surface area contributed by atoms with Gasteiger partial charge < -0.3 is 19.2 Å². The molecule has 0 aromatic heterocycles. The first-order valence-electron chi connectivity index (χ1n) is 2.99. The summed E-state index contributed by atoms with van der Waals surface area (Å²) in [4.78, 5) is 25.6. The van der Waals surface area contributed by atoms with E-state index in [0.717, 1.165) is 5.56 Å². The summed E-state index contributed by atoms with van der Waals surface area (Å²) in [7, 11) is -5.39. The van der Waals surface area contributed by atoms with Crippen molar-refractivity contribution in [3.63, 3.8) is 0 Å². The van der Waals surface area contributed by atoms with Gasteiger partial charge in [-0.3, -0.25) is 0 Å². The minimum Gasteiger partial charge on any atom is -0.822 e. The van der Waals surface area contributed by atoms with Gasteiger partial charge >= 0.3 is 16.5 Å². The molecule has 13 heavy (non-hydrogen) atoms. The van der Waals surface area contributed by atoms with Gasteiger partial charge in [0.25, 0.3) is 0 Å². The first kappa shape index (κ1) is 15.2. The zero-order chi connectivity index (χ0) is 9.61. The van der Waals surface area contributed by atoms with E-state index in [-0.39, 0.29) is 16.5 Å². The van der Waals surface area contributed by atoms with E-state index in [0.29, 0.717) is 0 Å². The number of hydrogen-bond acceptors (Lipinski definition) is 4. The third-order valence-electron chi connectivity index (χ3n) is 0.843. The molecule has 0 N–H and O–H groups in total. The summed E-state index contributed by atoms with van der Waals surface area (Å²) in [6.07, 6.45) is 0. The quantitative estimate of drug-likeness (QED) is 0.334. The van der Waals surface area contributed by atoms with Crippen LogP contribution in [0.15, 0.2) is 30.3 Å². The van der Waals surface area contributed by atoms with E-state index in [1.165, 1.54) is 0 Å². The van der Waals surface area contributed by atoms with Crippen molar-refractivity contribution in [2.75, 3.05) is 0 Å². The van der Waals surface area contributed by atoms with E-state index in [1.54, 1.807) is 0 Å². The average molecular weight is 245 g/mol. The van der Waals surface area contributed by atoms with Crippen LogP contribution in [0.25, 0.3) is 0 Å². The van der Waals surface area contributed by atoms with Gasteiger partial charge in [-0.2, -0.15) is 32.4 Å². The fourth-order valence-corrected chi connectivity index (χ4v) is 0.478. The normalized spacial score (nSPS) is 9.15. The van der Waals surface area contributed by atoms with E-state index < -0.39 is 7.82 Å². The number of rotatable bonds is 0. The Labute approximate surface area is 86.8 Å². The van der Waals surface area contributed by atoms with Crippen LogP contribution in [-0.2, 0) is 21.1 Å². The minimum absolute atomic E-state index is 0. The summed E-state index contributed by atoms with van der Waals surface area (Å²) in [5.41, 5.74) is 1.07. The Bertz CT molecular complexity index is 250. The monoisotopic (exact) mass is 244 g/mol. The molecule has 1 aromatic carbocycles. The molecule has 0 saturated heterocycles. The van der Waals surface area contributed by atoms with E-state index in [1.807, 2.05) is 30.3 Å². The Kier molecular flexibility index (Phi) is 8.33. The zero-order valence-electron chi connectivity index (χ0n) is 6.49.